The summed E-state index contributed by atoms with van der Waals surface area (Å²) >= 11 is 0. The molecule has 18 heavy (non-hydrogen) atoms. The molecule has 0 aliphatic carbocycles. The van der Waals surface area contributed by atoms with Crippen molar-refractivity contribution < 1.29 is 4.74 Å². The van der Waals surface area contributed by atoms with Gasteiger partial charge in [-0.25, -0.2) is 0 Å². The summed E-state index contributed by atoms with van der Waals surface area (Å²) in [6, 6.07) is 6.74. The highest BCUT2D eigenvalue weighted by Gasteiger charge is 2.08. The Kier molecular flexibility index (Phi) is 5.17. The Bertz CT molecular complexity index is 353. The summed E-state index contributed by atoms with van der Waals surface area (Å²) in [6.07, 6.45) is 0. The third-order valence-electron chi connectivity index (χ3n) is 3.32. The van der Waals surface area contributed by atoms with Crippen molar-refractivity contribution >= 4 is 0 Å². The van der Waals surface area contributed by atoms with Crippen molar-refractivity contribution in [2.24, 2.45) is 0 Å². The van der Waals surface area contributed by atoms with Crippen LogP contribution in [-0.4, -0.2) is 44.3 Å². The smallest absolute Gasteiger partial charge is 0.0594 e. The Morgan fingerprint density at radius 3 is 2.44 bits per heavy atom. The first kappa shape index (κ1) is 13.5. The van der Waals surface area contributed by atoms with E-state index in [0.29, 0.717) is 0 Å². The van der Waals surface area contributed by atoms with Crippen LogP contribution in [0.3, 0.4) is 0 Å². The Morgan fingerprint density at radius 1 is 1.11 bits per heavy atom. The molecule has 0 atom stereocenters. The molecule has 1 N–H and O–H groups in total. The predicted octanol–water partition coefficient (Wildman–Crippen LogP) is 1.73. The van der Waals surface area contributed by atoms with Crippen LogP contribution in [0.1, 0.15) is 16.7 Å². The molecule has 1 aromatic carbocycles. The molecule has 2 rings (SSSR count). The maximum absolute atomic E-state index is 5.34. The van der Waals surface area contributed by atoms with Crippen LogP contribution in [0.15, 0.2) is 18.2 Å². The fourth-order valence-electron chi connectivity index (χ4n) is 2.47. The van der Waals surface area contributed by atoms with E-state index < -0.39 is 0 Å². The number of hydrogen-bond donors (Lipinski definition) is 1. The van der Waals surface area contributed by atoms with Gasteiger partial charge in [0.1, 0.15) is 0 Å². The first-order valence-corrected chi connectivity index (χ1v) is 6.82. The van der Waals surface area contributed by atoms with E-state index in [1.165, 1.54) is 16.7 Å². The van der Waals surface area contributed by atoms with E-state index in [-0.39, 0.29) is 0 Å². The lowest BCUT2D eigenvalue weighted by Gasteiger charge is -2.26. The van der Waals surface area contributed by atoms with Crippen LogP contribution >= 0.6 is 0 Å². The number of benzene rings is 1. The summed E-state index contributed by atoms with van der Waals surface area (Å²) in [5, 5.41) is 3.52. The van der Waals surface area contributed by atoms with E-state index in [1.54, 1.807) is 0 Å². The van der Waals surface area contributed by atoms with Gasteiger partial charge in [0.15, 0.2) is 0 Å². The van der Waals surface area contributed by atoms with Crippen LogP contribution in [0.4, 0.5) is 0 Å². The molecule has 0 unspecified atom stereocenters. The summed E-state index contributed by atoms with van der Waals surface area (Å²) < 4.78 is 5.34. The molecule has 0 amide bonds. The van der Waals surface area contributed by atoms with Crippen molar-refractivity contribution in [3.8, 4) is 0 Å². The minimum absolute atomic E-state index is 0.886. The second kappa shape index (κ2) is 6.88. The summed E-state index contributed by atoms with van der Waals surface area (Å²) in [4.78, 5) is 2.46. The monoisotopic (exact) mass is 248 g/mol. The molecule has 3 nitrogen and oxygen atoms in total. The highest BCUT2D eigenvalue weighted by molar-refractivity contribution is 5.28. The quantitative estimate of drug-likeness (QED) is 0.803. The van der Waals surface area contributed by atoms with Crippen LogP contribution in [0.2, 0.25) is 0 Å². The molecule has 1 aliphatic heterocycles. The summed E-state index contributed by atoms with van der Waals surface area (Å²) in [5.41, 5.74) is 4.08. The SMILES string of the molecule is Cc1cc(C)cc(CNCCN2CCOCC2)c1. The van der Waals surface area contributed by atoms with E-state index >= 15 is 0 Å². The van der Waals surface area contributed by atoms with Crippen molar-refractivity contribution in [2.45, 2.75) is 20.4 Å². The minimum Gasteiger partial charge on any atom is -0.379 e. The van der Waals surface area contributed by atoms with Gasteiger partial charge in [0.05, 0.1) is 13.2 Å². The van der Waals surface area contributed by atoms with Gasteiger partial charge in [-0.2, -0.15) is 0 Å². The molecule has 3 heteroatoms. The maximum Gasteiger partial charge on any atom is 0.0594 e. The van der Waals surface area contributed by atoms with Crippen LogP contribution in [-0.2, 0) is 11.3 Å². The van der Waals surface area contributed by atoms with E-state index in [4.69, 9.17) is 4.74 Å². The molecular formula is C15H24N2O. The van der Waals surface area contributed by atoms with Gasteiger partial charge in [-0.1, -0.05) is 29.3 Å². The molecule has 0 bridgehead atoms. The number of ether oxygens (including phenoxy) is 1. The van der Waals surface area contributed by atoms with Gasteiger partial charge in [-0.05, 0) is 19.4 Å². The second-order valence-electron chi connectivity index (χ2n) is 5.13. The summed E-state index contributed by atoms with van der Waals surface area (Å²) in [6.45, 7) is 11.4. The molecule has 0 radical (unpaired) electrons. The number of nitrogens with one attached hydrogen (secondary N) is 1. The third-order valence-corrected chi connectivity index (χ3v) is 3.32. The molecule has 100 valence electrons. The van der Waals surface area contributed by atoms with E-state index in [9.17, 15) is 0 Å². The molecule has 1 aliphatic rings. The third kappa shape index (κ3) is 4.41. The highest BCUT2D eigenvalue weighted by Crippen LogP contribution is 2.08. The minimum atomic E-state index is 0.886. The number of nitrogens with zero attached hydrogens (tertiary/aromatic N) is 1. The van der Waals surface area contributed by atoms with Gasteiger partial charge < -0.3 is 10.1 Å². The first-order chi connectivity index (χ1) is 8.74. The lowest BCUT2D eigenvalue weighted by molar-refractivity contribution is 0.0384. The largest absolute Gasteiger partial charge is 0.379 e. The predicted molar refractivity (Wildman–Crippen MR) is 74.9 cm³/mol. The molecular weight excluding hydrogens is 224 g/mol. The number of hydrogen-bond acceptors (Lipinski definition) is 3. The van der Waals surface area contributed by atoms with Crippen LogP contribution in [0.5, 0.6) is 0 Å². The summed E-state index contributed by atoms with van der Waals surface area (Å²) in [5.74, 6) is 0. The molecule has 1 aromatic rings. The lowest BCUT2D eigenvalue weighted by Crippen LogP contribution is -2.40. The molecule has 0 spiro atoms. The Hall–Kier alpha value is -0.900. The maximum atomic E-state index is 5.34. The van der Waals surface area contributed by atoms with Crippen molar-refractivity contribution in [1.82, 2.24) is 10.2 Å². The fraction of sp³-hybridized carbons (Fsp3) is 0.600. The van der Waals surface area contributed by atoms with E-state index in [0.717, 1.165) is 45.9 Å². The molecule has 1 heterocycles. The highest BCUT2D eigenvalue weighted by atomic mass is 16.5. The Morgan fingerprint density at radius 2 is 1.78 bits per heavy atom. The number of morpholine rings is 1. The van der Waals surface area contributed by atoms with Gasteiger partial charge in [-0.15, -0.1) is 0 Å². The molecule has 0 aromatic heterocycles. The Labute approximate surface area is 110 Å². The Balaban J connectivity index is 1.68. The fourth-order valence-corrected chi connectivity index (χ4v) is 2.47. The lowest BCUT2D eigenvalue weighted by atomic mass is 10.1. The molecule has 0 saturated carbocycles. The van der Waals surface area contributed by atoms with Crippen molar-refractivity contribution in [3.05, 3.63) is 34.9 Å². The van der Waals surface area contributed by atoms with Gasteiger partial charge in [0, 0.05) is 32.7 Å². The first-order valence-electron chi connectivity index (χ1n) is 6.82. The second-order valence-corrected chi connectivity index (χ2v) is 5.13. The molecule has 1 saturated heterocycles. The van der Waals surface area contributed by atoms with Gasteiger partial charge in [0.2, 0.25) is 0 Å². The number of rotatable bonds is 5. The average molecular weight is 248 g/mol. The zero-order valence-electron chi connectivity index (χ0n) is 11.5. The average Bonchev–Trinajstić information content (AvgIpc) is 2.35. The van der Waals surface area contributed by atoms with E-state index in [2.05, 4.69) is 42.3 Å². The molecule has 1 fully saturated rings. The summed E-state index contributed by atoms with van der Waals surface area (Å²) in [7, 11) is 0. The van der Waals surface area contributed by atoms with Crippen LogP contribution in [0, 0.1) is 13.8 Å². The van der Waals surface area contributed by atoms with Gasteiger partial charge >= 0.3 is 0 Å². The van der Waals surface area contributed by atoms with Gasteiger partial charge in [-0.3, -0.25) is 4.90 Å². The zero-order valence-corrected chi connectivity index (χ0v) is 11.5. The van der Waals surface area contributed by atoms with Crippen molar-refractivity contribution in [3.63, 3.8) is 0 Å². The van der Waals surface area contributed by atoms with Crippen LogP contribution < -0.4 is 5.32 Å². The van der Waals surface area contributed by atoms with Crippen LogP contribution in [0.25, 0.3) is 0 Å². The van der Waals surface area contributed by atoms with Crippen molar-refractivity contribution in [1.29, 1.82) is 0 Å². The van der Waals surface area contributed by atoms with E-state index in [1.807, 2.05) is 0 Å². The normalized spacial score (nSPS) is 17.0. The number of aryl methyl sites for hydroxylation is 2. The van der Waals surface area contributed by atoms with Crippen molar-refractivity contribution in [2.75, 3.05) is 39.4 Å². The topological polar surface area (TPSA) is 24.5 Å². The van der Waals surface area contributed by atoms with Gasteiger partial charge in [0.25, 0.3) is 0 Å². The standard InChI is InChI=1S/C15H24N2O/c1-13-9-14(2)11-15(10-13)12-16-3-4-17-5-7-18-8-6-17/h9-11,16H,3-8,12H2,1-2H3. The zero-order chi connectivity index (χ0) is 12.8.